The van der Waals surface area contributed by atoms with Crippen LogP contribution in [0.25, 0.3) is 0 Å². The Morgan fingerprint density at radius 2 is 2.10 bits per heavy atom. The van der Waals surface area contributed by atoms with Crippen LogP contribution in [0.3, 0.4) is 0 Å². The van der Waals surface area contributed by atoms with E-state index in [4.69, 9.17) is 11.6 Å². The standard InChI is InChI=1S/C18H29ClN2/c1-13(2)11-20-12-16-7-8-18(17(19)10-16)21-9-5-6-14(3)15(21)4/h7-8,10,13-15,20H,5-6,9,11-12H2,1-4H3. The van der Waals surface area contributed by atoms with Crippen molar-refractivity contribution in [1.29, 1.82) is 0 Å². The van der Waals surface area contributed by atoms with E-state index in [1.807, 2.05) is 0 Å². The van der Waals surface area contributed by atoms with Crippen molar-refractivity contribution in [3.8, 4) is 0 Å². The number of nitrogens with one attached hydrogen (secondary N) is 1. The molecule has 0 bridgehead atoms. The van der Waals surface area contributed by atoms with Crippen molar-refractivity contribution >= 4 is 17.3 Å². The Kier molecular flexibility index (Phi) is 5.95. The molecule has 21 heavy (non-hydrogen) atoms. The summed E-state index contributed by atoms with van der Waals surface area (Å²) >= 11 is 6.55. The van der Waals surface area contributed by atoms with Gasteiger partial charge in [-0.2, -0.15) is 0 Å². The maximum atomic E-state index is 6.55. The first kappa shape index (κ1) is 16.6. The van der Waals surface area contributed by atoms with Crippen molar-refractivity contribution < 1.29 is 0 Å². The third kappa shape index (κ3) is 4.37. The fraction of sp³-hybridized carbons (Fsp3) is 0.667. The summed E-state index contributed by atoms with van der Waals surface area (Å²) in [5, 5.41) is 4.36. The van der Waals surface area contributed by atoms with Crippen LogP contribution < -0.4 is 10.2 Å². The molecule has 2 rings (SSSR count). The van der Waals surface area contributed by atoms with Crippen LogP contribution in [-0.4, -0.2) is 19.1 Å². The molecule has 0 aliphatic carbocycles. The van der Waals surface area contributed by atoms with Gasteiger partial charge in [-0.3, -0.25) is 0 Å². The summed E-state index contributed by atoms with van der Waals surface area (Å²) in [6.45, 7) is 12.2. The molecule has 0 radical (unpaired) electrons. The summed E-state index contributed by atoms with van der Waals surface area (Å²) in [4.78, 5) is 2.47. The molecule has 1 aromatic carbocycles. The molecule has 0 spiro atoms. The molecule has 1 N–H and O–H groups in total. The van der Waals surface area contributed by atoms with E-state index < -0.39 is 0 Å². The molecule has 0 amide bonds. The lowest BCUT2D eigenvalue weighted by Gasteiger charge is -2.40. The number of benzene rings is 1. The average molecular weight is 309 g/mol. The quantitative estimate of drug-likeness (QED) is 0.847. The third-order valence-corrected chi connectivity index (χ3v) is 4.88. The molecule has 118 valence electrons. The van der Waals surface area contributed by atoms with Crippen molar-refractivity contribution in [3.05, 3.63) is 28.8 Å². The SMILES string of the molecule is CC(C)CNCc1ccc(N2CCCC(C)C2C)c(Cl)c1. The number of nitrogens with zero attached hydrogens (tertiary/aromatic N) is 1. The van der Waals surface area contributed by atoms with Crippen LogP contribution in [-0.2, 0) is 6.54 Å². The zero-order chi connectivity index (χ0) is 15.4. The first-order chi connectivity index (χ1) is 9.99. The zero-order valence-electron chi connectivity index (χ0n) is 13.8. The molecule has 1 aromatic rings. The van der Waals surface area contributed by atoms with Gasteiger partial charge in [0, 0.05) is 19.1 Å². The minimum atomic E-state index is 0.571. The van der Waals surface area contributed by atoms with E-state index in [2.05, 4.69) is 56.1 Å². The lowest BCUT2D eigenvalue weighted by Crippen LogP contribution is -2.42. The number of hydrogen-bond donors (Lipinski definition) is 1. The maximum Gasteiger partial charge on any atom is 0.0642 e. The van der Waals surface area contributed by atoms with Crippen LogP contribution in [0.15, 0.2) is 18.2 Å². The van der Waals surface area contributed by atoms with Gasteiger partial charge in [0.15, 0.2) is 0 Å². The second-order valence-corrected chi connectivity index (χ2v) is 7.27. The Hall–Kier alpha value is -0.730. The molecule has 2 unspecified atom stereocenters. The second-order valence-electron chi connectivity index (χ2n) is 6.86. The predicted molar refractivity (Wildman–Crippen MR) is 93.2 cm³/mol. The van der Waals surface area contributed by atoms with Gasteiger partial charge in [-0.1, -0.05) is 38.4 Å². The highest BCUT2D eigenvalue weighted by Gasteiger charge is 2.26. The molecule has 1 fully saturated rings. The topological polar surface area (TPSA) is 15.3 Å². The van der Waals surface area contributed by atoms with Crippen LogP contribution in [0, 0.1) is 11.8 Å². The third-order valence-electron chi connectivity index (χ3n) is 4.58. The lowest BCUT2D eigenvalue weighted by atomic mass is 9.91. The Labute approximate surface area is 134 Å². The molecule has 0 saturated carbocycles. The van der Waals surface area contributed by atoms with Gasteiger partial charge in [-0.15, -0.1) is 0 Å². The Balaban J connectivity index is 2.05. The smallest absolute Gasteiger partial charge is 0.0642 e. The summed E-state index contributed by atoms with van der Waals surface area (Å²) in [6.07, 6.45) is 2.59. The first-order valence-corrected chi connectivity index (χ1v) is 8.62. The predicted octanol–water partition coefficient (Wildman–Crippen LogP) is 4.71. The molecule has 0 aromatic heterocycles. The molecule has 1 heterocycles. The van der Waals surface area contributed by atoms with E-state index in [-0.39, 0.29) is 0 Å². The average Bonchev–Trinajstić information content (AvgIpc) is 2.42. The normalized spacial score (nSPS) is 22.9. The molecule has 3 heteroatoms. The van der Waals surface area contributed by atoms with Crippen molar-refractivity contribution in [2.75, 3.05) is 18.0 Å². The fourth-order valence-corrected chi connectivity index (χ4v) is 3.39. The van der Waals surface area contributed by atoms with Gasteiger partial charge in [0.25, 0.3) is 0 Å². The molecule has 2 atom stereocenters. The van der Waals surface area contributed by atoms with Crippen LogP contribution in [0.5, 0.6) is 0 Å². The van der Waals surface area contributed by atoms with E-state index >= 15 is 0 Å². The second kappa shape index (κ2) is 7.51. The Morgan fingerprint density at radius 3 is 2.76 bits per heavy atom. The minimum Gasteiger partial charge on any atom is -0.367 e. The first-order valence-electron chi connectivity index (χ1n) is 8.24. The van der Waals surface area contributed by atoms with E-state index in [0.717, 1.165) is 30.6 Å². The minimum absolute atomic E-state index is 0.571. The van der Waals surface area contributed by atoms with E-state index in [9.17, 15) is 0 Å². The van der Waals surface area contributed by atoms with Crippen LogP contribution in [0.2, 0.25) is 5.02 Å². The van der Waals surface area contributed by atoms with Gasteiger partial charge in [-0.05, 0) is 55.8 Å². The number of rotatable bonds is 5. The monoisotopic (exact) mass is 308 g/mol. The molecule has 1 saturated heterocycles. The highest BCUT2D eigenvalue weighted by molar-refractivity contribution is 6.33. The fourth-order valence-electron chi connectivity index (χ4n) is 3.07. The summed E-state index contributed by atoms with van der Waals surface area (Å²) in [7, 11) is 0. The van der Waals surface area contributed by atoms with Gasteiger partial charge in [0.2, 0.25) is 0 Å². The van der Waals surface area contributed by atoms with Crippen LogP contribution in [0.1, 0.15) is 46.1 Å². The Morgan fingerprint density at radius 1 is 1.33 bits per heavy atom. The molecular weight excluding hydrogens is 280 g/mol. The summed E-state index contributed by atoms with van der Waals surface area (Å²) in [5.74, 6) is 1.41. The van der Waals surface area contributed by atoms with Gasteiger partial charge in [0.05, 0.1) is 10.7 Å². The Bertz CT molecular complexity index is 459. The van der Waals surface area contributed by atoms with E-state index in [1.165, 1.54) is 24.1 Å². The number of piperidine rings is 1. The largest absolute Gasteiger partial charge is 0.367 e. The van der Waals surface area contributed by atoms with Gasteiger partial charge >= 0.3 is 0 Å². The van der Waals surface area contributed by atoms with E-state index in [0.29, 0.717) is 12.0 Å². The van der Waals surface area contributed by atoms with Gasteiger partial charge < -0.3 is 10.2 Å². The summed E-state index contributed by atoms with van der Waals surface area (Å²) < 4.78 is 0. The molecule has 2 nitrogen and oxygen atoms in total. The van der Waals surface area contributed by atoms with Crippen LogP contribution >= 0.6 is 11.6 Å². The molecular formula is C18H29ClN2. The van der Waals surface area contributed by atoms with Crippen molar-refractivity contribution in [2.24, 2.45) is 11.8 Å². The van der Waals surface area contributed by atoms with Gasteiger partial charge in [0.1, 0.15) is 0 Å². The maximum absolute atomic E-state index is 6.55. The number of anilines is 1. The van der Waals surface area contributed by atoms with Crippen molar-refractivity contribution in [1.82, 2.24) is 5.32 Å². The summed E-state index contributed by atoms with van der Waals surface area (Å²) in [5.41, 5.74) is 2.46. The van der Waals surface area contributed by atoms with Crippen LogP contribution in [0.4, 0.5) is 5.69 Å². The zero-order valence-corrected chi connectivity index (χ0v) is 14.6. The highest BCUT2D eigenvalue weighted by Crippen LogP contribution is 2.33. The highest BCUT2D eigenvalue weighted by atomic mass is 35.5. The van der Waals surface area contributed by atoms with Gasteiger partial charge in [-0.25, -0.2) is 0 Å². The molecule has 1 aliphatic heterocycles. The van der Waals surface area contributed by atoms with E-state index in [1.54, 1.807) is 0 Å². The van der Waals surface area contributed by atoms with Crippen molar-refractivity contribution in [2.45, 2.75) is 53.1 Å². The number of hydrogen-bond acceptors (Lipinski definition) is 2. The lowest BCUT2D eigenvalue weighted by molar-refractivity contribution is 0.363. The summed E-state index contributed by atoms with van der Waals surface area (Å²) in [6, 6.07) is 7.10. The van der Waals surface area contributed by atoms with Crippen molar-refractivity contribution in [3.63, 3.8) is 0 Å². The molecule has 1 aliphatic rings. The number of halogens is 1.